The molecule has 4 heteroatoms. The van der Waals surface area contributed by atoms with Crippen LogP contribution >= 0.6 is 0 Å². The fraction of sp³-hybridized carbons (Fsp3) is 0.476. The number of hydrogen-bond acceptors (Lipinski definition) is 3. The molecule has 1 aliphatic rings. The Morgan fingerprint density at radius 3 is 2.72 bits per heavy atom. The lowest BCUT2D eigenvalue weighted by Gasteiger charge is -2.35. The Balaban J connectivity index is 1.63. The van der Waals surface area contributed by atoms with Crippen molar-refractivity contribution in [1.29, 1.82) is 0 Å². The van der Waals surface area contributed by atoms with Crippen LogP contribution in [0, 0.1) is 5.92 Å². The van der Waals surface area contributed by atoms with Crippen LogP contribution in [0.3, 0.4) is 0 Å². The number of aliphatic hydroxyl groups is 1. The van der Waals surface area contributed by atoms with Crippen molar-refractivity contribution in [1.82, 2.24) is 5.32 Å². The van der Waals surface area contributed by atoms with Crippen LogP contribution in [0.5, 0.6) is 5.75 Å². The number of benzene rings is 2. The smallest absolute Gasteiger partial charge is 0.251 e. The van der Waals surface area contributed by atoms with E-state index in [4.69, 9.17) is 0 Å². The van der Waals surface area contributed by atoms with E-state index >= 15 is 0 Å². The molecule has 2 aromatic carbocycles. The lowest BCUT2D eigenvalue weighted by Crippen LogP contribution is -2.39. The molecule has 1 fully saturated rings. The summed E-state index contributed by atoms with van der Waals surface area (Å²) in [4.78, 5) is 12.6. The van der Waals surface area contributed by atoms with Gasteiger partial charge in [0.1, 0.15) is 5.75 Å². The highest BCUT2D eigenvalue weighted by molar-refractivity contribution is 6.07. The highest BCUT2D eigenvalue weighted by Gasteiger charge is 2.32. The maximum atomic E-state index is 12.6. The van der Waals surface area contributed by atoms with Crippen LogP contribution in [0.15, 0.2) is 36.4 Å². The second-order valence-corrected chi connectivity index (χ2v) is 7.41. The number of phenols is 1. The van der Waals surface area contributed by atoms with Crippen LogP contribution < -0.4 is 5.32 Å². The van der Waals surface area contributed by atoms with Crippen LogP contribution in [0.1, 0.15) is 55.8 Å². The average molecular weight is 341 g/mol. The molecule has 1 aliphatic carbocycles. The van der Waals surface area contributed by atoms with E-state index < -0.39 is 5.60 Å². The standard InChI is InChI=1S/C21H27NO3/c1-21(25,16-7-3-2-4-8-16)12-13-22-20(24)19-9-5-6-15-14-17(23)10-11-18(15)19/h5-6,9-11,14,16,23,25H,2-4,7-8,12-13H2,1H3,(H,22,24). The molecule has 0 saturated heterocycles. The van der Waals surface area contributed by atoms with Crippen molar-refractivity contribution in [2.45, 2.75) is 51.0 Å². The molecule has 1 atom stereocenters. The molecule has 0 bridgehead atoms. The van der Waals surface area contributed by atoms with Crippen molar-refractivity contribution in [3.05, 3.63) is 42.0 Å². The Kier molecular flexibility index (Phi) is 5.28. The van der Waals surface area contributed by atoms with Gasteiger partial charge in [0.2, 0.25) is 0 Å². The molecule has 1 unspecified atom stereocenters. The molecule has 0 heterocycles. The maximum Gasteiger partial charge on any atom is 0.251 e. The summed E-state index contributed by atoms with van der Waals surface area (Å²) in [5.74, 6) is 0.378. The average Bonchev–Trinajstić information content (AvgIpc) is 2.61. The highest BCUT2D eigenvalue weighted by Crippen LogP contribution is 2.34. The number of fused-ring (bicyclic) bond motifs is 1. The van der Waals surface area contributed by atoms with Gasteiger partial charge in [0, 0.05) is 12.1 Å². The molecule has 0 spiro atoms. The zero-order valence-corrected chi connectivity index (χ0v) is 14.8. The molecule has 3 rings (SSSR count). The Labute approximate surface area is 148 Å². The molecule has 3 N–H and O–H groups in total. The summed E-state index contributed by atoms with van der Waals surface area (Å²) in [6, 6.07) is 10.5. The second-order valence-electron chi connectivity index (χ2n) is 7.41. The summed E-state index contributed by atoms with van der Waals surface area (Å²) in [6.07, 6.45) is 6.36. The molecular formula is C21H27NO3. The normalized spacial score (nSPS) is 18.0. The van der Waals surface area contributed by atoms with E-state index in [1.807, 2.05) is 19.1 Å². The molecule has 0 aliphatic heterocycles. The van der Waals surface area contributed by atoms with Gasteiger partial charge >= 0.3 is 0 Å². The van der Waals surface area contributed by atoms with Crippen molar-refractivity contribution >= 4 is 16.7 Å². The lowest BCUT2D eigenvalue weighted by atomic mass is 9.76. The van der Waals surface area contributed by atoms with E-state index in [2.05, 4.69) is 5.32 Å². The van der Waals surface area contributed by atoms with Gasteiger partial charge in [-0.05, 0) is 67.1 Å². The number of phenolic OH excluding ortho intramolecular Hbond substituents is 1. The van der Waals surface area contributed by atoms with Crippen LogP contribution in [-0.2, 0) is 0 Å². The van der Waals surface area contributed by atoms with E-state index in [0.717, 1.165) is 23.6 Å². The number of aromatic hydroxyl groups is 1. The molecule has 134 valence electrons. The third kappa shape index (κ3) is 4.13. The molecule has 4 nitrogen and oxygen atoms in total. The van der Waals surface area contributed by atoms with E-state index in [-0.39, 0.29) is 11.7 Å². The minimum atomic E-state index is -0.724. The van der Waals surface area contributed by atoms with E-state index in [0.29, 0.717) is 24.4 Å². The minimum Gasteiger partial charge on any atom is -0.508 e. The monoisotopic (exact) mass is 341 g/mol. The number of nitrogens with one attached hydrogen (secondary N) is 1. The van der Waals surface area contributed by atoms with Gasteiger partial charge in [-0.1, -0.05) is 31.4 Å². The highest BCUT2D eigenvalue weighted by atomic mass is 16.3. The van der Waals surface area contributed by atoms with Gasteiger partial charge in [-0.15, -0.1) is 0 Å². The Hall–Kier alpha value is -2.07. The molecule has 1 amide bonds. The predicted molar refractivity (Wildman–Crippen MR) is 99.8 cm³/mol. The summed E-state index contributed by atoms with van der Waals surface area (Å²) in [6.45, 7) is 2.35. The van der Waals surface area contributed by atoms with E-state index in [1.165, 1.54) is 19.3 Å². The van der Waals surface area contributed by atoms with Gasteiger partial charge in [0.05, 0.1) is 5.60 Å². The third-order valence-corrected chi connectivity index (χ3v) is 5.51. The summed E-state index contributed by atoms with van der Waals surface area (Å²) in [7, 11) is 0. The van der Waals surface area contributed by atoms with Crippen LogP contribution in [0.4, 0.5) is 0 Å². The Morgan fingerprint density at radius 1 is 1.20 bits per heavy atom. The first-order valence-corrected chi connectivity index (χ1v) is 9.20. The largest absolute Gasteiger partial charge is 0.508 e. The van der Waals surface area contributed by atoms with Crippen molar-refractivity contribution < 1.29 is 15.0 Å². The zero-order chi connectivity index (χ0) is 17.9. The maximum absolute atomic E-state index is 12.6. The molecule has 1 saturated carbocycles. The molecule has 0 aromatic heterocycles. The first-order chi connectivity index (χ1) is 12.0. The number of rotatable bonds is 5. The quantitative estimate of drug-likeness (QED) is 0.770. The Morgan fingerprint density at radius 2 is 1.96 bits per heavy atom. The zero-order valence-electron chi connectivity index (χ0n) is 14.8. The first kappa shape index (κ1) is 17.7. The van der Waals surface area contributed by atoms with Gasteiger partial charge < -0.3 is 15.5 Å². The lowest BCUT2D eigenvalue weighted by molar-refractivity contribution is -0.0226. The van der Waals surface area contributed by atoms with Crippen molar-refractivity contribution in [2.75, 3.05) is 6.54 Å². The minimum absolute atomic E-state index is 0.143. The third-order valence-electron chi connectivity index (χ3n) is 5.51. The van der Waals surface area contributed by atoms with Gasteiger partial charge in [-0.25, -0.2) is 0 Å². The van der Waals surface area contributed by atoms with Crippen LogP contribution in [-0.4, -0.2) is 28.3 Å². The number of hydrogen-bond donors (Lipinski definition) is 3. The fourth-order valence-electron chi connectivity index (χ4n) is 3.92. The van der Waals surface area contributed by atoms with Crippen LogP contribution in [0.25, 0.3) is 10.8 Å². The SMILES string of the molecule is CC(O)(CCNC(=O)c1cccc2cc(O)ccc12)C1CCCCC1. The molecule has 0 radical (unpaired) electrons. The van der Waals surface area contributed by atoms with Crippen molar-refractivity contribution in [2.24, 2.45) is 5.92 Å². The van der Waals surface area contributed by atoms with Gasteiger partial charge in [-0.3, -0.25) is 4.79 Å². The summed E-state index contributed by atoms with van der Waals surface area (Å²) in [5, 5.41) is 24.9. The topological polar surface area (TPSA) is 69.6 Å². The van der Waals surface area contributed by atoms with Gasteiger partial charge in [-0.2, -0.15) is 0 Å². The summed E-state index contributed by atoms with van der Waals surface area (Å²) in [5.41, 5.74) is -0.132. The van der Waals surface area contributed by atoms with Gasteiger partial charge in [0.15, 0.2) is 0 Å². The molecule has 2 aromatic rings. The predicted octanol–water partition coefficient (Wildman–Crippen LogP) is 4.00. The fourth-order valence-corrected chi connectivity index (χ4v) is 3.92. The number of carbonyl (C=O) groups excluding carboxylic acids is 1. The first-order valence-electron chi connectivity index (χ1n) is 9.20. The second kappa shape index (κ2) is 7.44. The van der Waals surface area contributed by atoms with Crippen molar-refractivity contribution in [3.63, 3.8) is 0 Å². The van der Waals surface area contributed by atoms with E-state index in [1.54, 1.807) is 24.3 Å². The number of amides is 1. The molecular weight excluding hydrogens is 314 g/mol. The van der Waals surface area contributed by atoms with E-state index in [9.17, 15) is 15.0 Å². The summed E-state index contributed by atoms with van der Waals surface area (Å²) >= 11 is 0. The van der Waals surface area contributed by atoms with Crippen molar-refractivity contribution in [3.8, 4) is 5.75 Å². The molecule has 25 heavy (non-hydrogen) atoms. The number of carbonyl (C=O) groups is 1. The van der Waals surface area contributed by atoms with Gasteiger partial charge in [0.25, 0.3) is 5.91 Å². The van der Waals surface area contributed by atoms with Crippen LogP contribution in [0.2, 0.25) is 0 Å². The summed E-state index contributed by atoms with van der Waals surface area (Å²) < 4.78 is 0. The Bertz CT molecular complexity index is 748.